The summed E-state index contributed by atoms with van der Waals surface area (Å²) in [6.07, 6.45) is 0.267. The monoisotopic (exact) mass is 250 g/mol. The lowest BCUT2D eigenvalue weighted by molar-refractivity contribution is -0.119. The first-order chi connectivity index (χ1) is 8.60. The summed E-state index contributed by atoms with van der Waals surface area (Å²) in [4.78, 5) is 22.9. The van der Waals surface area contributed by atoms with E-state index >= 15 is 0 Å². The zero-order chi connectivity index (χ0) is 13.1. The van der Waals surface area contributed by atoms with Crippen LogP contribution < -0.4 is 15.4 Å². The summed E-state index contributed by atoms with van der Waals surface area (Å²) in [5, 5.41) is 15.0. The van der Waals surface area contributed by atoms with Gasteiger partial charge in [-0.05, 0) is 12.1 Å². The maximum Gasteiger partial charge on any atom is 0.255 e. The van der Waals surface area contributed by atoms with E-state index in [4.69, 9.17) is 4.74 Å². The van der Waals surface area contributed by atoms with Gasteiger partial charge in [0.2, 0.25) is 5.91 Å². The summed E-state index contributed by atoms with van der Waals surface area (Å²) in [7, 11) is 1.48. The molecule has 2 rings (SSSR count). The van der Waals surface area contributed by atoms with Crippen molar-refractivity contribution in [3.63, 3.8) is 0 Å². The van der Waals surface area contributed by atoms with Crippen molar-refractivity contribution in [2.75, 3.05) is 13.7 Å². The molecule has 1 fully saturated rings. The Bertz CT molecular complexity index is 487. The summed E-state index contributed by atoms with van der Waals surface area (Å²) in [6.45, 7) is 0.418. The fourth-order valence-corrected chi connectivity index (χ4v) is 1.80. The molecule has 0 saturated carbocycles. The lowest BCUT2D eigenvalue weighted by atomic mass is 10.1. The molecule has 0 radical (unpaired) electrons. The van der Waals surface area contributed by atoms with Crippen molar-refractivity contribution in [1.82, 2.24) is 10.6 Å². The van der Waals surface area contributed by atoms with Crippen LogP contribution in [0, 0.1) is 0 Å². The first kappa shape index (κ1) is 12.2. The molecule has 0 aromatic heterocycles. The van der Waals surface area contributed by atoms with Crippen molar-refractivity contribution in [3.05, 3.63) is 23.8 Å². The number of hydrogen-bond acceptors (Lipinski definition) is 4. The van der Waals surface area contributed by atoms with Gasteiger partial charge >= 0.3 is 0 Å². The van der Waals surface area contributed by atoms with Crippen LogP contribution in [0.1, 0.15) is 16.8 Å². The highest BCUT2D eigenvalue weighted by atomic mass is 16.5. The average Bonchev–Trinajstić information content (AvgIpc) is 2.74. The van der Waals surface area contributed by atoms with E-state index in [-0.39, 0.29) is 29.7 Å². The minimum atomic E-state index is -0.406. The van der Waals surface area contributed by atoms with Crippen molar-refractivity contribution in [2.24, 2.45) is 0 Å². The van der Waals surface area contributed by atoms with Gasteiger partial charge in [-0.25, -0.2) is 0 Å². The minimum Gasteiger partial charge on any atom is -0.507 e. The molecule has 96 valence electrons. The van der Waals surface area contributed by atoms with E-state index in [1.807, 2.05) is 0 Å². The van der Waals surface area contributed by atoms with Crippen molar-refractivity contribution in [1.29, 1.82) is 0 Å². The van der Waals surface area contributed by atoms with Crippen LogP contribution in [0.4, 0.5) is 0 Å². The molecule has 3 N–H and O–H groups in total. The number of rotatable bonds is 3. The third-order valence-corrected chi connectivity index (χ3v) is 2.76. The number of nitrogens with one attached hydrogen (secondary N) is 2. The molecule has 1 unspecified atom stereocenters. The SMILES string of the molecule is COc1ccc(C(=O)NC2CNC(=O)C2)c(O)c1. The highest BCUT2D eigenvalue weighted by Gasteiger charge is 2.24. The predicted molar refractivity (Wildman–Crippen MR) is 63.5 cm³/mol. The van der Waals surface area contributed by atoms with Crippen LogP contribution in [0.2, 0.25) is 0 Å². The van der Waals surface area contributed by atoms with Gasteiger partial charge in [-0.1, -0.05) is 0 Å². The predicted octanol–water partition coefficient (Wildman–Crippen LogP) is 0.0191. The second-order valence-corrected chi connectivity index (χ2v) is 4.06. The summed E-state index contributed by atoms with van der Waals surface area (Å²) < 4.78 is 4.93. The maximum absolute atomic E-state index is 11.9. The number of amides is 2. The summed E-state index contributed by atoms with van der Waals surface area (Å²) in [5.41, 5.74) is 0.162. The Balaban J connectivity index is 2.07. The molecule has 1 aromatic rings. The van der Waals surface area contributed by atoms with Crippen molar-refractivity contribution < 1.29 is 19.4 Å². The third-order valence-electron chi connectivity index (χ3n) is 2.76. The van der Waals surface area contributed by atoms with Gasteiger partial charge in [0.25, 0.3) is 5.91 Å². The Morgan fingerprint density at radius 1 is 1.56 bits per heavy atom. The Morgan fingerprint density at radius 3 is 2.89 bits per heavy atom. The van der Waals surface area contributed by atoms with Gasteiger partial charge in [-0.3, -0.25) is 9.59 Å². The van der Waals surface area contributed by atoms with Gasteiger partial charge in [0.1, 0.15) is 11.5 Å². The average molecular weight is 250 g/mol. The molecule has 1 atom stereocenters. The lowest BCUT2D eigenvalue weighted by Crippen LogP contribution is -2.36. The van der Waals surface area contributed by atoms with Crippen LogP contribution >= 0.6 is 0 Å². The molecule has 1 aliphatic heterocycles. The Morgan fingerprint density at radius 2 is 2.33 bits per heavy atom. The van der Waals surface area contributed by atoms with Crippen LogP contribution in [0.15, 0.2) is 18.2 Å². The van der Waals surface area contributed by atoms with Crippen molar-refractivity contribution in [3.8, 4) is 11.5 Å². The smallest absolute Gasteiger partial charge is 0.255 e. The summed E-state index contributed by atoms with van der Waals surface area (Å²) in [5.74, 6) is -0.165. The van der Waals surface area contributed by atoms with E-state index in [1.165, 1.54) is 19.2 Å². The minimum absolute atomic E-state index is 0.0840. The van der Waals surface area contributed by atoms with E-state index < -0.39 is 5.91 Å². The lowest BCUT2D eigenvalue weighted by Gasteiger charge is -2.11. The molecular weight excluding hydrogens is 236 g/mol. The van der Waals surface area contributed by atoms with E-state index in [0.29, 0.717) is 12.3 Å². The van der Waals surface area contributed by atoms with Gasteiger partial charge in [0, 0.05) is 19.0 Å². The van der Waals surface area contributed by atoms with Crippen molar-refractivity contribution >= 4 is 11.8 Å². The maximum atomic E-state index is 11.9. The Hall–Kier alpha value is -2.24. The topological polar surface area (TPSA) is 87.7 Å². The van der Waals surface area contributed by atoms with Crippen molar-refractivity contribution in [2.45, 2.75) is 12.5 Å². The van der Waals surface area contributed by atoms with Gasteiger partial charge < -0.3 is 20.5 Å². The molecule has 18 heavy (non-hydrogen) atoms. The number of aromatic hydroxyl groups is 1. The number of carbonyl (C=O) groups is 2. The molecule has 1 aromatic carbocycles. The largest absolute Gasteiger partial charge is 0.507 e. The molecule has 6 heteroatoms. The quantitative estimate of drug-likeness (QED) is 0.705. The number of methoxy groups -OCH3 is 1. The number of hydrogen-bond donors (Lipinski definition) is 3. The fourth-order valence-electron chi connectivity index (χ4n) is 1.80. The van der Waals surface area contributed by atoms with Gasteiger partial charge in [-0.15, -0.1) is 0 Å². The third kappa shape index (κ3) is 2.53. The van der Waals surface area contributed by atoms with E-state index in [1.54, 1.807) is 6.07 Å². The normalized spacial score (nSPS) is 18.3. The summed E-state index contributed by atoms with van der Waals surface area (Å²) in [6, 6.07) is 4.21. The first-order valence-corrected chi connectivity index (χ1v) is 5.54. The molecule has 6 nitrogen and oxygen atoms in total. The number of phenolic OH excluding ortho intramolecular Hbond substituents is 1. The second kappa shape index (κ2) is 4.95. The van der Waals surface area contributed by atoms with E-state index in [0.717, 1.165) is 0 Å². The number of benzene rings is 1. The van der Waals surface area contributed by atoms with Gasteiger partial charge in [0.05, 0.1) is 18.7 Å². The molecular formula is C12H14N2O4. The number of ether oxygens (including phenoxy) is 1. The van der Waals surface area contributed by atoms with Crippen LogP contribution in [-0.2, 0) is 4.79 Å². The standard InChI is InChI=1S/C12H14N2O4/c1-18-8-2-3-9(10(15)5-8)12(17)14-7-4-11(16)13-6-7/h2-3,5,7,15H,4,6H2,1H3,(H,13,16)(H,14,17). The van der Waals surface area contributed by atoms with Gasteiger partial charge in [0.15, 0.2) is 0 Å². The molecule has 0 aliphatic carbocycles. The van der Waals surface area contributed by atoms with E-state index in [9.17, 15) is 14.7 Å². The molecule has 1 saturated heterocycles. The van der Waals surface area contributed by atoms with Crippen LogP contribution in [0.5, 0.6) is 11.5 Å². The van der Waals surface area contributed by atoms with Crippen LogP contribution in [0.3, 0.4) is 0 Å². The number of phenols is 1. The zero-order valence-electron chi connectivity index (χ0n) is 9.90. The number of carbonyl (C=O) groups excluding carboxylic acids is 2. The van der Waals surface area contributed by atoms with Crippen LogP contribution in [0.25, 0.3) is 0 Å². The fraction of sp³-hybridized carbons (Fsp3) is 0.333. The Kier molecular flexibility index (Phi) is 3.36. The molecule has 2 amide bonds. The highest BCUT2D eigenvalue weighted by molar-refractivity contribution is 5.97. The molecule has 1 heterocycles. The first-order valence-electron chi connectivity index (χ1n) is 5.54. The Labute approximate surface area is 104 Å². The van der Waals surface area contributed by atoms with Gasteiger partial charge in [-0.2, -0.15) is 0 Å². The van der Waals surface area contributed by atoms with E-state index in [2.05, 4.69) is 10.6 Å². The highest BCUT2D eigenvalue weighted by Crippen LogP contribution is 2.23. The molecule has 1 aliphatic rings. The second-order valence-electron chi connectivity index (χ2n) is 4.06. The summed E-state index contributed by atoms with van der Waals surface area (Å²) >= 11 is 0. The molecule has 0 spiro atoms. The molecule has 0 bridgehead atoms. The zero-order valence-corrected chi connectivity index (χ0v) is 9.90. The van der Waals surface area contributed by atoms with Crippen LogP contribution in [-0.4, -0.2) is 36.6 Å².